The molecule has 0 saturated carbocycles. The van der Waals surface area contributed by atoms with Crippen LogP contribution in [0.5, 0.6) is 0 Å². The lowest BCUT2D eigenvalue weighted by Gasteiger charge is -2.11. The SMILES string of the molecule is CCOC(=O)[C@@H](Br)C(C)C. The molecule has 0 unspecified atom stereocenters. The first kappa shape index (κ1) is 9.95. The van der Waals surface area contributed by atoms with Gasteiger partial charge in [0.2, 0.25) is 0 Å². The highest BCUT2D eigenvalue weighted by Crippen LogP contribution is 2.12. The van der Waals surface area contributed by atoms with Crippen molar-refractivity contribution in [1.29, 1.82) is 0 Å². The van der Waals surface area contributed by atoms with Crippen LogP contribution in [0.1, 0.15) is 20.8 Å². The number of esters is 1. The lowest BCUT2D eigenvalue weighted by Crippen LogP contribution is -2.22. The fraction of sp³-hybridized carbons (Fsp3) is 0.857. The number of ether oxygens (including phenoxy) is 1. The molecule has 0 rings (SSSR count). The number of rotatable bonds is 3. The lowest BCUT2D eigenvalue weighted by molar-refractivity contribution is -0.143. The summed E-state index contributed by atoms with van der Waals surface area (Å²) in [6.45, 7) is 6.19. The van der Waals surface area contributed by atoms with Gasteiger partial charge in [-0.2, -0.15) is 0 Å². The van der Waals surface area contributed by atoms with Crippen molar-refractivity contribution in [2.75, 3.05) is 6.61 Å². The van der Waals surface area contributed by atoms with Crippen molar-refractivity contribution in [3.05, 3.63) is 0 Å². The third kappa shape index (κ3) is 3.20. The first-order valence-corrected chi connectivity index (χ1v) is 4.31. The van der Waals surface area contributed by atoms with Gasteiger partial charge in [-0.05, 0) is 12.8 Å². The van der Waals surface area contributed by atoms with E-state index in [-0.39, 0.29) is 10.8 Å². The predicted octanol–water partition coefficient (Wildman–Crippen LogP) is 1.97. The van der Waals surface area contributed by atoms with Crippen LogP contribution in [0, 0.1) is 5.92 Å². The third-order valence-corrected chi connectivity index (χ3v) is 2.53. The monoisotopic (exact) mass is 208 g/mol. The summed E-state index contributed by atoms with van der Waals surface area (Å²) < 4.78 is 4.78. The Balaban J connectivity index is 3.71. The number of alkyl halides is 1. The largest absolute Gasteiger partial charge is 0.465 e. The number of hydrogen-bond acceptors (Lipinski definition) is 2. The van der Waals surface area contributed by atoms with E-state index in [0.29, 0.717) is 12.5 Å². The number of halogens is 1. The molecule has 0 aliphatic rings. The van der Waals surface area contributed by atoms with Gasteiger partial charge in [-0.3, -0.25) is 4.79 Å². The average Bonchev–Trinajstić information content (AvgIpc) is 1.87. The smallest absolute Gasteiger partial charge is 0.319 e. The van der Waals surface area contributed by atoms with Crippen molar-refractivity contribution in [2.45, 2.75) is 25.6 Å². The molecule has 0 aromatic rings. The van der Waals surface area contributed by atoms with Crippen molar-refractivity contribution in [3.63, 3.8) is 0 Å². The molecule has 0 N–H and O–H groups in total. The molecule has 10 heavy (non-hydrogen) atoms. The Bertz CT molecular complexity index is 112. The molecule has 0 heterocycles. The van der Waals surface area contributed by atoms with Crippen LogP contribution in [0.25, 0.3) is 0 Å². The Kier molecular flexibility index (Phi) is 4.69. The zero-order chi connectivity index (χ0) is 8.15. The van der Waals surface area contributed by atoms with Gasteiger partial charge in [0.1, 0.15) is 4.83 Å². The quantitative estimate of drug-likeness (QED) is 0.524. The molecular formula is C7H13BrO2. The molecule has 1 atom stereocenters. The van der Waals surface area contributed by atoms with Crippen molar-refractivity contribution < 1.29 is 9.53 Å². The van der Waals surface area contributed by atoms with E-state index in [4.69, 9.17) is 4.74 Å². The molecule has 0 aliphatic carbocycles. The second-order valence-corrected chi connectivity index (χ2v) is 3.38. The van der Waals surface area contributed by atoms with Crippen LogP contribution in [0.2, 0.25) is 0 Å². The number of carbonyl (C=O) groups excluding carboxylic acids is 1. The molecule has 0 radical (unpaired) electrons. The van der Waals surface area contributed by atoms with E-state index >= 15 is 0 Å². The van der Waals surface area contributed by atoms with Gasteiger partial charge in [-0.25, -0.2) is 0 Å². The molecule has 0 spiro atoms. The maximum atomic E-state index is 10.9. The molecular weight excluding hydrogens is 196 g/mol. The van der Waals surface area contributed by atoms with Crippen LogP contribution in [-0.4, -0.2) is 17.4 Å². The Morgan fingerprint density at radius 2 is 2.10 bits per heavy atom. The summed E-state index contributed by atoms with van der Waals surface area (Å²) >= 11 is 3.23. The number of carbonyl (C=O) groups is 1. The van der Waals surface area contributed by atoms with E-state index in [0.717, 1.165) is 0 Å². The van der Waals surface area contributed by atoms with Crippen molar-refractivity contribution in [3.8, 4) is 0 Å². The first-order chi connectivity index (χ1) is 4.59. The minimum atomic E-state index is -0.169. The second kappa shape index (κ2) is 4.72. The fourth-order valence-corrected chi connectivity index (χ4v) is 0.626. The van der Waals surface area contributed by atoms with Gasteiger partial charge in [0, 0.05) is 0 Å². The molecule has 3 heteroatoms. The molecule has 0 aliphatic heterocycles. The van der Waals surface area contributed by atoms with Crippen LogP contribution in [0.3, 0.4) is 0 Å². The summed E-state index contributed by atoms with van der Waals surface area (Å²) in [7, 11) is 0. The predicted molar refractivity (Wildman–Crippen MR) is 44.2 cm³/mol. The molecule has 0 aromatic heterocycles. The summed E-state index contributed by atoms with van der Waals surface area (Å²) in [5.74, 6) is 0.122. The van der Waals surface area contributed by atoms with Gasteiger partial charge in [0.05, 0.1) is 6.61 Å². The fourth-order valence-electron chi connectivity index (χ4n) is 0.494. The lowest BCUT2D eigenvalue weighted by atomic mass is 10.1. The Morgan fingerprint density at radius 3 is 2.40 bits per heavy atom. The summed E-state index contributed by atoms with van der Waals surface area (Å²) in [6, 6.07) is 0. The maximum absolute atomic E-state index is 10.9. The van der Waals surface area contributed by atoms with Gasteiger partial charge in [-0.1, -0.05) is 29.8 Å². The van der Waals surface area contributed by atoms with Gasteiger partial charge in [0.15, 0.2) is 0 Å². The van der Waals surface area contributed by atoms with Gasteiger partial charge < -0.3 is 4.74 Å². The average molecular weight is 209 g/mol. The summed E-state index contributed by atoms with van der Waals surface area (Å²) in [4.78, 5) is 10.8. The molecule has 0 aromatic carbocycles. The standard InChI is InChI=1S/C7H13BrO2/c1-4-10-7(9)6(8)5(2)3/h5-6H,4H2,1-3H3/t6-/m0/s1. The topological polar surface area (TPSA) is 26.3 Å². The van der Waals surface area contributed by atoms with Crippen LogP contribution in [-0.2, 0) is 9.53 Å². The minimum Gasteiger partial charge on any atom is -0.465 e. The first-order valence-electron chi connectivity index (χ1n) is 3.40. The number of hydrogen-bond donors (Lipinski definition) is 0. The highest BCUT2D eigenvalue weighted by molar-refractivity contribution is 9.10. The van der Waals surface area contributed by atoms with Crippen molar-refractivity contribution in [1.82, 2.24) is 0 Å². The Morgan fingerprint density at radius 1 is 1.60 bits per heavy atom. The van der Waals surface area contributed by atoms with Crippen molar-refractivity contribution in [2.24, 2.45) is 5.92 Å². The Hall–Kier alpha value is -0.0500. The molecule has 0 saturated heterocycles. The van der Waals surface area contributed by atoms with Crippen LogP contribution >= 0.6 is 15.9 Å². The summed E-state index contributed by atoms with van der Waals surface area (Å²) in [5.41, 5.74) is 0. The van der Waals surface area contributed by atoms with E-state index in [2.05, 4.69) is 15.9 Å². The van der Waals surface area contributed by atoms with Gasteiger partial charge in [-0.15, -0.1) is 0 Å². The van der Waals surface area contributed by atoms with E-state index in [1.807, 2.05) is 13.8 Å². The second-order valence-electron chi connectivity index (χ2n) is 2.40. The molecule has 2 nitrogen and oxygen atoms in total. The normalized spacial score (nSPS) is 13.3. The van der Waals surface area contributed by atoms with E-state index in [1.54, 1.807) is 6.92 Å². The zero-order valence-corrected chi connectivity index (χ0v) is 8.14. The van der Waals surface area contributed by atoms with Crippen molar-refractivity contribution >= 4 is 21.9 Å². The minimum absolute atomic E-state index is 0.160. The van der Waals surface area contributed by atoms with E-state index in [1.165, 1.54) is 0 Å². The third-order valence-electron chi connectivity index (χ3n) is 1.10. The zero-order valence-electron chi connectivity index (χ0n) is 6.56. The highest BCUT2D eigenvalue weighted by atomic mass is 79.9. The van der Waals surface area contributed by atoms with Gasteiger partial charge in [0.25, 0.3) is 0 Å². The molecule has 0 amide bonds. The Labute approximate surface area is 70.1 Å². The van der Waals surface area contributed by atoms with Crippen LogP contribution in [0.4, 0.5) is 0 Å². The van der Waals surface area contributed by atoms with Crippen LogP contribution in [0.15, 0.2) is 0 Å². The van der Waals surface area contributed by atoms with Gasteiger partial charge >= 0.3 is 5.97 Å². The van der Waals surface area contributed by atoms with E-state index in [9.17, 15) is 4.79 Å². The van der Waals surface area contributed by atoms with Crippen LogP contribution < -0.4 is 0 Å². The summed E-state index contributed by atoms with van der Waals surface area (Å²) in [6.07, 6.45) is 0. The molecule has 0 bridgehead atoms. The molecule has 0 fully saturated rings. The van der Waals surface area contributed by atoms with E-state index < -0.39 is 0 Å². The molecule has 60 valence electrons. The summed E-state index contributed by atoms with van der Waals surface area (Å²) in [5, 5.41) is 0. The maximum Gasteiger partial charge on any atom is 0.319 e. The highest BCUT2D eigenvalue weighted by Gasteiger charge is 2.18.